The van der Waals surface area contributed by atoms with Gasteiger partial charge in [-0.2, -0.15) is 0 Å². The van der Waals surface area contributed by atoms with E-state index in [9.17, 15) is 10.1 Å². The highest BCUT2D eigenvalue weighted by atomic mass is 16.6. The first-order valence-corrected chi connectivity index (χ1v) is 7.28. The molecule has 0 N–H and O–H groups in total. The number of para-hydroxylation sites is 1. The number of benzene rings is 2. The van der Waals surface area contributed by atoms with Crippen molar-refractivity contribution in [1.82, 2.24) is 0 Å². The highest BCUT2D eigenvalue weighted by molar-refractivity contribution is 5.36. The first-order chi connectivity index (χ1) is 10.7. The predicted molar refractivity (Wildman–Crippen MR) is 84.5 cm³/mol. The normalized spacial score (nSPS) is 10.2. The van der Waals surface area contributed by atoms with E-state index in [1.165, 1.54) is 17.7 Å². The van der Waals surface area contributed by atoms with Crippen LogP contribution in [0.15, 0.2) is 48.5 Å². The van der Waals surface area contributed by atoms with Gasteiger partial charge in [-0.1, -0.05) is 31.5 Å². The maximum atomic E-state index is 10.6. The molecule has 22 heavy (non-hydrogen) atoms. The topological polar surface area (TPSA) is 61.6 Å². The van der Waals surface area contributed by atoms with Crippen LogP contribution in [0.3, 0.4) is 0 Å². The maximum absolute atomic E-state index is 10.6. The molecule has 0 unspecified atom stereocenters. The fourth-order valence-corrected chi connectivity index (χ4v) is 2.10. The summed E-state index contributed by atoms with van der Waals surface area (Å²) in [5, 5.41) is 10.6. The Morgan fingerprint density at radius 2 is 1.68 bits per heavy atom. The molecule has 2 rings (SSSR count). The smallest absolute Gasteiger partial charge is 0.269 e. The number of nitro benzene ring substituents is 1. The van der Waals surface area contributed by atoms with Gasteiger partial charge in [0.05, 0.1) is 4.92 Å². The molecule has 116 valence electrons. The molecular formula is C17H19NO4. The molecule has 0 spiro atoms. The standard InChI is InChI=1S/C17H19NO4/c1-2-5-14-6-3-4-7-17(14)22-13-12-21-16-10-8-15(9-11-16)18(19)20/h3-4,6-11H,2,5,12-13H2,1H3. The zero-order valence-corrected chi connectivity index (χ0v) is 12.5. The van der Waals surface area contributed by atoms with Gasteiger partial charge in [0.1, 0.15) is 24.7 Å². The van der Waals surface area contributed by atoms with Gasteiger partial charge in [0.15, 0.2) is 0 Å². The molecule has 0 bridgehead atoms. The van der Waals surface area contributed by atoms with E-state index in [2.05, 4.69) is 13.0 Å². The lowest BCUT2D eigenvalue weighted by atomic mass is 10.1. The molecule has 0 aromatic heterocycles. The van der Waals surface area contributed by atoms with E-state index in [0.717, 1.165) is 18.6 Å². The van der Waals surface area contributed by atoms with Crippen LogP contribution in [0.4, 0.5) is 5.69 Å². The van der Waals surface area contributed by atoms with Crippen LogP contribution in [-0.2, 0) is 6.42 Å². The first-order valence-electron chi connectivity index (χ1n) is 7.28. The Bertz CT molecular complexity index is 610. The molecule has 0 atom stereocenters. The van der Waals surface area contributed by atoms with Crippen molar-refractivity contribution in [3.8, 4) is 11.5 Å². The molecule has 2 aromatic rings. The number of aryl methyl sites for hydroxylation is 1. The lowest BCUT2D eigenvalue weighted by Crippen LogP contribution is -2.10. The Labute approximate surface area is 129 Å². The van der Waals surface area contributed by atoms with E-state index < -0.39 is 4.92 Å². The van der Waals surface area contributed by atoms with Gasteiger partial charge in [-0.15, -0.1) is 0 Å². The summed E-state index contributed by atoms with van der Waals surface area (Å²) < 4.78 is 11.3. The van der Waals surface area contributed by atoms with Gasteiger partial charge < -0.3 is 9.47 Å². The number of rotatable bonds is 8. The van der Waals surface area contributed by atoms with Crippen LogP contribution in [0.2, 0.25) is 0 Å². The van der Waals surface area contributed by atoms with Gasteiger partial charge >= 0.3 is 0 Å². The Morgan fingerprint density at radius 3 is 2.36 bits per heavy atom. The third kappa shape index (κ3) is 4.48. The highest BCUT2D eigenvalue weighted by Crippen LogP contribution is 2.20. The van der Waals surface area contributed by atoms with Crippen LogP contribution >= 0.6 is 0 Å². The molecule has 0 aliphatic carbocycles. The average molecular weight is 301 g/mol. The summed E-state index contributed by atoms with van der Waals surface area (Å²) in [7, 11) is 0. The van der Waals surface area contributed by atoms with Crippen molar-refractivity contribution < 1.29 is 14.4 Å². The maximum Gasteiger partial charge on any atom is 0.269 e. The van der Waals surface area contributed by atoms with Crippen LogP contribution in [0.1, 0.15) is 18.9 Å². The summed E-state index contributed by atoms with van der Waals surface area (Å²) in [6.07, 6.45) is 2.05. The number of nitrogens with zero attached hydrogens (tertiary/aromatic N) is 1. The predicted octanol–water partition coefficient (Wildman–Crippen LogP) is 4.01. The first kappa shape index (κ1) is 15.8. The van der Waals surface area contributed by atoms with E-state index in [-0.39, 0.29) is 5.69 Å². The molecular weight excluding hydrogens is 282 g/mol. The van der Waals surface area contributed by atoms with Gasteiger partial charge in [0.25, 0.3) is 5.69 Å². The monoisotopic (exact) mass is 301 g/mol. The minimum atomic E-state index is -0.433. The molecule has 0 radical (unpaired) electrons. The highest BCUT2D eigenvalue weighted by Gasteiger charge is 2.05. The number of non-ortho nitro benzene ring substituents is 1. The van der Waals surface area contributed by atoms with Crippen molar-refractivity contribution in [1.29, 1.82) is 0 Å². The number of hydrogen-bond donors (Lipinski definition) is 0. The van der Waals surface area contributed by atoms with E-state index >= 15 is 0 Å². The molecule has 0 aliphatic heterocycles. The summed E-state index contributed by atoms with van der Waals surface area (Å²) >= 11 is 0. The second-order valence-electron chi connectivity index (χ2n) is 4.81. The molecule has 2 aromatic carbocycles. The summed E-state index contributed by atoms with van der Waals surface area (Å²) in [4.78, 5) is 10.1. The number of hydrogen-bond acceptors (Lipinski definition) is 4. The lowest BCUT2D eigenvalue weighted by Gasteiger charge is -2.11. The Kier molecular flexibility index (Phi) is 5.77. The summed E-state index contributed by atoms with van der Waals surface area (Å²) in [6, 6.07) is 14.0. The molecule has 0 heterocycles. The zero-order valence-electron chi connectivity index (χ0n) is 12.5. The average Bonchev–Trinajstić information content (AvgIpc) is 2.53. The van der Waals surface area contributed by atoms with Crippen molar-refractivity contribution in [2.45, 2.75) is 19.8 Å². The zero-order chi connectivity index (χ0) is 15.8. The van der Waals surface area contributed by atoms with Crippen LogP contribution in [0.5, 0.6) is 11.5 Å². The van der Waals surface area contributed by atoms with E-state index in [1.54, 1.807) is 12.1 Å². The van der Waals surface area contributed by atoms with Gasteiger partial charge in [0.2, 0.25) is 0 Å². The lowest BCUT2D eigenvalue weighted by molar-refractivity contribution is -0.384. The van der Waals surface area contributed by atoms with Crippen molar-refractivity contribution in [2.75, 3.05) is 13.2 Å². The van der Waals surface area contributed by atoms with Crippen molar-refractivity contribution in [2.24, 2.45) is 0 Å². The van der Waals surface area contributed by atoms with Gasteiger partial charge in [-0.3, -0.25) is 10.1 Å². The fraction of sp³-hybridized carbons (Fsp3) is 0.294. The Morgan fingerprint density at radius 1 is 1.00 bits per heavy atom. The molecule has 0 saturated carbocycles. The quantitative estimate of drug-likeness (QED) is 0.420. The summed E-state index contributed by atoms with van der Waals surface area (Å²) in [5.74, 6) is 1.48. The Hall–Kier alpha value is -2.56. The van der Waals surface area contributed by atoms with Gasteiger partial charge in [-0.05, 0) is 30.2 Å². The van der Waals surface area contributed by atoms with Gasteiger partial charge in [0, 0.05) is 12.1 Å². The molecule has 0 aliphatic rings. The Balaban J connectivity index is 1.81. The van der Waals surface area contributed by atoms with Crippen molar-refractivity contribution in [3.05, 3.63) is 64.2 Å². The molecule has 5 nitrogen and oxygen atoms in total. The van der Waals surface area contributed by atoms with Crippen LogP contribution < -0.4 is 9.47 Å². The third-order valence-corrected chi connectivity index (χ3v) is 3.15. The number of ether oxygens (including phenoxy) is 2. The molecule has 0 fully saturated rings. The minimum Gasteiger partial charge on any atom is -0.490 e. The molecule has 0 saturated heterocycles. The second kappa shape index (κ2) is 8.02. The third-order valence-electron chi connectivity index (χ3n) is 3.15. The van der Waals surface area contributed by atoms with Crippen molar-refractivity contribution >= 4 is 5.69 Å². The largest absolute Gasteiger partial charge is 0.490 e. The van der Waals surface area contributed by atoms with Crippen LogP contribution in [0.25, 0.3) is 0 Å². The van der Waals surface area contributed by atoms with E-state index in [1.807, 2.05) is 18.2 Å². The van der Waals surface area contributed by atoms with Crippen molar-refractivity contribution in [3.63, 3.8) is 0 Å². The molecule has 0 amide bonds. The summed E-state index contributed by atoms with van der Waals surface area (Å²) in [6.45, 7) is 2.95. The van der Waals surface area contributed by atoms with Crippen LogP contribution in [0, 0.1) is 10.1 Å². The van der Waals surface area contributed by atoms with E-state index in [4.69, 9.17) is 9.47 Å². The SMILES string of the molecule is CCCc1ccccc1OCCOc1ccc([N+](=O)[O-])cc1. The molecule has 5 heteroatoms. The van der Waals surface area contributed by atoms with E-state index in [0.29, 0.717) is 19.0 Å². The van der Waals surface area contributed by atoms with Gasteiger partial charge in [-0.25, -0.2) is 0 Å². The number of nitro groups is 1. The minimum absolute atomic E-state index is 0.0529. The fourth-order valence-electron chi connectivity index (χ4n) is 2.10. The van der Waals surface area contributed by atoms with Crippen LogP contribution in [-0.4, -0.2) is 18.1 Å². The summed E-state index contributed by atoms with van der Waals surface area (Å²) in [5.41, 5.74) is 1.25. The second-order valence-corrected chi connectivity index (χ2v) is 4.81.